The molecule has 0 unspecified atom stereocenters. The number of carbonyl (C=O) groups excluding carboxylic acids is 1. The molecule has 1 aliphatic heterocycles. The van der Waals surface area contributed by atoms with Crippen LogP contribution < -0.4 is 10.6 Å². The van der Waals surface area contributed by atoms with Crippen molar-refractivity contribution >= 4 is 5.91 Å². The summed E-state index contributed by atoms with van der Waals surface area (Å²) in [6, 6.07) is -0.193. The fourth-order valence-electron chi connectivity index (χ4n) is 3.86. The van der Waals surface area contributed by atoms with Gasteiger partial charge in [0, 0.05) is 13.1 Å². The highest BCUT2D eigenvalue weighted by atomic mass is 16.5. The molecular weight excluding hydrogens is 252 g/mol. The first-order chi connectivity index (χ1) is 9.52. The average molecular weight is 282 g/mol. The lowest BCUT2D eigenvalue weighted by Crippen LogP contribution is -2.56. The van der Waals surface area contributed by atoms with Crippen molar-refractivity contribution < 1.29 is 9.53 Å². The lowest BCUT2D eigenvalue weighted by Gasteiger charge is -2.34. The van der Waals surface area contributed by atoms with Crippen molar-refractivity contribution in [3.63, 3.8) is 0 Å². The predicted molar refractivity (Wildman–Crippen MR) is 80.6 cm³/mol. The van der Waals surface area contributed by atoms with Gasteiger partial charge in [0.2, 0.25) is 5.91 Å². The van der Waals surface area contributed by atoms with Gasteiger partial charge in [0.05, 0.1) is 12.7 Å². The van der Waals surface area contributed by atoms with Crippen molar-refractivity contribution in [2.24, 2.45) is 11.3 Å². The molecule has 20 heavy (non-hydrogen) atoms. The lowest BCUT2D eigenvalue weighted by molar-refractivity contribution is -0.129. The van der Waals surface area contributed by atoms with Gasteiger partial charge in [0.25, 0.3) is 0 Å². The third-order valence-corrected chi connectivity index (χ3v) is 4.74. The van der Waals surface area contributed by atoms with E-state index in [0.717, 1.165) is 13.1 Å². The van der Waals surface area contributed by atoms with Crippen LogP contribution in [0.15, 0.2) is 0 Å². The first kappa shape index (κ1) is 15.8. The second-order valence-electron chi connectivity index (χ2n) is 7.03. The summed E-state index contributed by atoms with van der Waals surface area (Å²) < 4.78 is 5.55. The molecule has 1 amide bonds. The zero-order valence-electron chi connectivity index (χ0n) is 13.2. The number of ether oxygens (including phenoxy) is 1. The molecule has 1 heterocycles. The Morgan fingerprint density at radius 3 is 2.70 bits per heavy atom. The van der Waals surface area contributed by atoms with Crippen LogP contribution in [0.5, 0.6) is 0 Å². The normalized spacial score (nSPS) is 29.6. The second kappa shape index (κ2) is 6.90. The molecule has 0 aromatic carbocycles. The van der Waals surface area contributed by atoms with Crippen molar-refractivity contribution in [1.29, 1.82) is 0 Å². The number of carbonyl (C=O) groups is 1. The van der Waals surface area contributed by atoms with Gasteiger partial charge in [-0.2, -0.15) is 0 Å². The number of hydrogen-bond donors (Lipinski definition) is 2. The summed E-state index contributed by atoms with van der Waals surface area (Å²) in [6.45, 7) is 8.81. The molecule has 2 aliphatic rings. The monoisotopic (exact) mass is 282 g/mol. The maximum absolute atomic E-state index is 12.3. The van der Waals surface area contributed by atoms with Crippen LogP contribution in [0.1, 0.15) is 52.9 Å². The van der Waals surface area contributed by atoms with Gasteiger partial charge in [-0.3, -0.25) is 4.79 Å². The summed E-state index contributed by atoms with van der Waals surface area (Å²) in [4.78, 5) is 12.3. The van der Waals surface area contributed by atoms with Crippen LogP contribution in [0.4, 0.5) is 0 Å². The fourth-order valence-corrected chi connectivity index (χ4v) is 3.86. The maximum atomic E-state index is 12.3. The molecule has 0 aromatic rings. The van der Waals surface area contributed by atoms with E-state index in [2.05, 4.69) is 24.5 Å². The van der Waals surface area contributed by atoms with Crippen molar-refractivity contribution in [2.45, 2.75) is 65.0 Å². The molecule has 2 atom stereocenters. The molecule has 116 valence electrons. The fraction of sp³-hybridized carbons (Fsp3) is 0.938. The van der Waals surface area contributed by atoms with Gasteiger partial charge in [0.1, 0.15) is 6.04 Å². The highest BCUT2D eigenvalue weighted by molar-refractivity contribution is 5.82. The van der Waals surface area contributed by atoms with Crippen molar-refractivity contribution in [2.75, 3.05) is 19.7 Å². The van der Waals surface area contributed by atoms with E-state index in [1.165, 1.54) is 32.1 Å². The molecule has 4 nitrogen and oxygen atoms in total. The molecule has 1 saturated heterocycles. The zero-order chi connectivity index (χ0) is 14.6. The molecule has 1 saturated carbocycles. The Balaban J connectivity index is 1.87. The third-order valence-electron chi connectivity index (χ3n) is 4.74. The van der Waals surface area contributed by atoms with Crippen LogP contribution in [-0.2, 0) is 9.53 Å². The number of rotatable bonds is 5. The van der Waals surface area contributed by atoms with E-state index in [4.69, 9.17) is 4.74 Å². The quantitative estimate of drug-likeness (QED) is 0.812. The van der Waals surface area contributed by atoms with Crippen LogP contribution in [0.25, 0.3) is 0 Å². The minimum Gasteiger partial charge on any atom is -0.375 e. The van der Waals surface area contributed by atoms with Crippen LogP contribution in [-0.4, -0.2) is 37.7 Å². The van der Waals surface area contributed by atoms with Gasteiger partial charge in [-0.25, -0.2) is 0 Å². The van der Waals surface area contributed by atoms with Gasteiger partial charge in [-0.15, -0.1) is 0 Å². The Morgan fingerprint density at radius 2 is 2.10 bits per heavy atom. The molecule has 4 heteroatoms. The summed E-state index contributed by atoms with van der Waals surface area (Å²) in [5.41, 5.74) is 0.336. The zero-order valence-corrected chi connectivity index (χ0v) is 13.2. The molecule has 2 N–H and O–H groups in total. The Labute approximate surface area is 123 Å². The maximum Gasteiger partial charge on any atom is 0.239 e. The minimum absolute atomic E-state index is 0.0339. The van der Waals surface area contributed by atoms with Crippen LogP contribution >= 0.6 is 0 Å². The van der Waals surface area contributed by atoms with Crippen LogP contribution in [0, 0.1) is 11.3 Å². The lowest BCUT2D eigenvalue weighted by atomic mass is 9.78. The van der Waals surface area contributed by atoms with Gasteiger partial charge < -0.3 is 15.4 Å². The topological polar surface area (TPSA) is 50.4 Å². The standard InChI is InChI=1S/C16H30N2O2/c1-12(2)10-16(6-4-5-7-16)11-18-15(19)14-13(3)20-9-8-17-14/h12-14,17H,4-11H2,1-3H3,(H,18,19)/t13-,14+/m1/s1. The molecular formula is C16H30N2O2. The second-order valence-corrected chi connectivity index (χ2v) is 7.03. The summed E-state index contributed by atoms with van der Waals surface area (Å²) in [7, 11) is 0. The minimum atomic E-state index is -0.193. The van der Waals surface area contributed by atoms with Crippen LogP contribution in [0.3, 0.4) is 0 Å². The predicted octanol–water partition coefficient (Wildman–Crippen LogP) is 2.09. The molecule has 0 bridgehead atoms. The van der Waals surface area contributed by atoms with Crippen molar-refractivity contribution in [1.82, 2.24) is 10.6 Å². The highest BCUT2D eigenvalue weighted by Gasteiger charge is 2.36. The Bertz CT molecular complexity index is 324. The van der Waals surface area contributed by atoms with E-state index in [1.807, 2.05) is 6.92 Å². The number of morpholine rings is 1. The van der Waals surface area contributed by atoms with Crippen LogP contribution in [0.2, 0.25) is 0 Å². The van der Waals surface area contributed by atoms with Crippen molar-refractivity contribution in [3.05, 3.63) is 0 Å². The number of amides is 1. The van der Waals surface area contributed by atoms with E-state index in [-0.39, 0.29) is 18.1 Å². The van der Waals surface area contributed by atoms with Crippen molar-refractivity contribution in [3.8, 4) is 0 Å². The smallest absolute Gasteiger partial charge is 0.239 e. The third kappa shape index (κ3) is 3.95. The number of nitrogens with one attached hydrogen (secondary N) is 2. The molecule has 0 spiro atoms. The molecule has 0 aromatic heterocycles. The molecule has 1 aliphatic carbocycles. The highest BCUT2D eigenvalue weighted by Crippen LogP contribution is 2.42. The first-order valence-electron chi connectivity index (χ1n) is 8.15. The summed E-state index contributed by atoms with van der Waals surface area (Å²) in [5.74, 6) is 0.798. The summed E-state index contributed by atoms with van der Waals surface area (Å²) in [5, 5.41) is 6.45. The molecule has 2 fully saturated rings. The van der Waals surface area contributed by atoms with E-state index >= 15 is 0 Å². The van der Waals surface area contributed by atoms with Gasteiger partial charge >= 0.3 is 0 Å². The average Bonchev–Trinajstić information content (AvgIpc) is 2.84. The Kier molecular flexibility index (Phi) is 5.44. The van der Waals surface area contributed by atoms with Gasteiger partial charge in [-0.05, 0) is 37.5 Å². The van der Waals surface area contributed by atoms with Gasteiger partial charge in [-0.1, -0.05) is 26.7 Å². The first-order valence-corrected chi connectivity index (χ1v) is 8.15. The Hall–Kier alpha value is -0.610. The molecule has 2 rings (SSSR count). The SMILES string of the molecule is CC(C)CC1(CNC(=O)[C@H]2NCCO[C@@H]2C)CCCC1. The van der Waals surface area contributed by atoms with E-state index in [9.17, 15) is 4.79 Å². The summed E-state index contributed by atoms with van der Waals surface area (Å²) in [6.07, 6.45) is 6.32. The molecule has 0 radical (unpaired) electrons. The largest absolute Gasteiger partial charge is 0.375 e. The van der Waals surface area contributed by atoms with E-state index in [0.29, 0.717) is 17.9 Å². The van der Waals surface area contributed by atoms with E-state index < -0.39 is 0 Å². The summed E-state index contributed by atoms with van der Waals surface area (Å²) >= 11 is 0. The Morgan fingerprint density at radius 1 is 1.40 bits per heavy atom. The van der Waals surface area contributed by atoms with Gasteiger partial charge in [0.15, 0.2) is 0 Å². The van der Waals surface area contributed by atoms with E-state index in [1.54, 1.807) is 0 Å². The number of hydrogen-bond acceptors (Lipinski definition) is 3.